The molecule has 0 radical (unpaired) electrons. The van der Waals surface area contributed by atoms with Crippen molar-refractivity contribution in [3.8, 4) is 0 Å². The van der Waals surface area contributed by atoms with Gasteiger partial charge in [0.15, 0.2) is 5.96 Å². The highest BCUT2D eigenvalue weighted by atomic mass is 127. The molecule has 1 amide bonds. The molecular weight excluding hydrogens is 441 g/mol. The summed E-state index contributed by atoms with van der Waals surface area (Å²) in [5.74, 6) is -0.363. The number of nitrogens with one attached hydrogen (secondary N) is 2. The highest BCUT2D eigenvalue weighted by molar-refractivity contribution is 14.0. The minimum absolute atomic E-state index is 0. The van der Waals surface area contributed by atoms with Crippen molar-refractivity contribution in [2.45, 2.75) is 32.7 Å². The Hall–Kier alpha value is -1.45. The van der Waals surface area contributed by atoms with Crippen molar-refractivity contribution in [2.75, 3.05) is 26.2 Å². The largest absolute Gasteiger partial charge is 0.357 e. The third-order valence-electron chi connectivity index (χ3n) is 3.85. The van der Waals surface area contributed by atoms with Crippen LogP contribution in [-0.4, -0.2) is 42.9 Å². The molecule has 1 aliphatic heterocycles. The van der Waals surface area contributed by atoms with Gasteiger partial charge in [-0.2, -0.15) is 0 Å². The van der Waals surface area contributed by atoms with Gasteiger partial charge in [0.05, 0.1) is 6.54 Å². The molecule has 0 bridgehead atoms. The fourth-order valence-electron chi connectivity index (χ4n) is 2.58. The molecule has 140 valence electrons. The zero-order valence-electron chi connectivity index (χ0n) is 14.4. The molecule has 0 atom stereocenters. The summed E-state index contributed by atoms with van der Waals surface area (Å²) < 4.78 is 26.8. The number of benzene rings is 1. The van der Waals surface area contributed by atoms with Gasteiger partial charge in [0.2, 0.25) is 5.91 Å². The number of nitrogens with zero attached hydrogens (tertiary/aromatic N) is 2. The Morgan fingerprint density at radius 1 is 1.24 bits per heavy atom. The normalized spacial score (nSPS) is 14.2. The fraction of sp³-hybridized carbons (Fsp3) is 0.529. The summed E-state index contributed by atoms with van der Waals surface area (Å²) in [6, 6.07) is 3.31. The topological polar surface area (TPSA) is 56.7 Å². The molecule has 5 nitrogen and oxygen atoms in total. The summed E-state index contributed by atoms with van der Waals surface area (Å²) in [6.07, 6.45) is 2.53. The summed E-state index contributed by atoms with van der Waals surface area (Å²) >= 11 is 0. The molecule has 0 aliphatic carbocycles. The SMILES string of the molecule is CCNC(=NCc1cc(F)ccc1F)NCCC(=O)N1CCCC1.I. The van der Waals surface area contributed by atoms with E-state index in [2.05, 4.69) is 15.6 Å². The number of likely N-dealkylation sites (tertiary alicyclic amines) is 1. The zero-order chi connectivity index (χ0) is 17.4. The van der Waals surface area contributed by atoms with E-state index in [9.17, 15) is 13.6 Å². The number of amides is 1. The van der Waals surface area contributed by atoms with E-state index in [0.29, 0.717) is 25.5 Å². The van der Waals surface area contributed by atoms with Crippen molar-refractivity contribution in [3.05, 3.63) is 35.4 Å². The van der Waals surface area contributed by atoms with Crippen LogP contribution in [0.5, 0.6) is 0 Å². The molecule has 1 aromatic rings. The van der Waals surface area contributed by atoms with Crippen molar-refractivity contribution >= 4 is 35.8 Å². The highest BCUT2D eigenvalue weighted by Gasteiger charge is 2.17. The Labute approximate surface area is 164 Å². The second-order valence-electron chi connectivity index (χ2n) is 5.70. The number of hydrogen-bond donors (Lipinski definition) is 2. The van der Waals surface area contributed by atoms with Crippen LogP contribution in [0.2, 0.25) is 0 Å². The lowest BCUT2D eigenvalue weighted by Crippen LogP contribution is -2.39. The summed E-state index contributed by atoms with van der Waals surface area (Å²) in [4.78, 5) is 18.1. The molecule has 25 heavy (non-hydrogen) atoms. The molecule has 2 rings (SSSR count). The van der Waals surface area contributed by atoms with Crippen molar-refractivity contribution in [1.29, 1.82) is 0 Å². The maximum atomic E-state index is 13.6. The molecule has 1 aliphatic rings. The second-order valence-corrected chi connectivity index (χ2v) is 5.70. The maximum absolute atomic E-state index is 13.6. The van der Waals surface area contributed by atoms with E-state index in [1.54, 1.807) is 0 Å². The van der Waals surface area contributed by atoms with Crippen LogP contribution >= 0.6 is 24.0 Å². The molecule has 0 unspecified atom stereocenters. The Bertz CT molecular complexity index is 592. The summed E-state index contributed by atoms with van der Waals surface area (Å²) in [5, 5.41) is 6.08. The molecular formula is C17H25F2IN4O. The molecule has 1 aromatic carbocycles. The number of carbonyl (C=O) groups excluding carboxylic acids is 1. The van der Waals surface area contributed by atoms with Crippen LogP contribution in [0.4, 0.5) is 8.78 Å². The Kier molecular flexibility index (Phi) is 9.69. The van der Waals surface area contributed by atoms with E-state index in [1.165, 1.54) is 0 Å². The van der Waals surface area contributed by atoms with Crippen LogP contribution in [0.15, 0.2) is 23.2 Å². The van der Waals surface area contributed by atoms with Gasteiger partial charge in [-0.15, -0.1) is 24.0 Å². The van der Waals surface area contributed by atoms with Crippen LogP contribution in [0.25, 0.3) is 0 Å². The number of hydrogen-bond acceptors (Lipinski definition) is 2. The first-order chi connectivity index (χ1) is 11.6. The number of guanidine groups is 1. The highest BCUT2D eigenvalue weighted by Crippen LogP contribution is 2.11. The van der Waals surface area contributed by atoms with Gasteiger partial charge in [-0.1, -0.05) is 0 Å². The monoisotopic (exact) mass is 466 g/mol. The predicted octanol–water partition coefficient (Wildman–Crippen LogP) is 2.65. The fourth-order valence-corrected chi connectivity index (χ4v) is 2.58. The number of carbonyl (C=O) groups is 1. The average Bonchev–Trinajstić information content (AvgIpc) is 3.10. The van der Waals surface area contributed by atoms with Gasteiger partial charge in [-0.25, -0.2) is 13.8 Å². The molecule has 1 fully saturated rings. The van der Waals surface area contributed by atoms with Crippen LogP contribution in [-0.2, 0) is 11.3 Å². The maximum Gasteiger partial charge on any atom is 0.224 e. The standard InChI is InChI=1S/C17H24F2N4O.HI/c1-2-20-17(21-8-7-16(24)23-9-3-4-10-23)22-12-13-11-14(18)5-6-15(13)19;/h5-6,11H,2-4,7-10,12H2,1H3,(H2,20,21,22);1H. The zero-order valence-corrected chi connectivity index (χ0v) is 16.7. The van der Waals surface area contributed by atoms with E-state index in [4.69, 9.17) is 0 Å². The van der Waals surface area contributed by atoms with Gasteiger partial charge in [-0.3, -0.25) is 4.79 Å². The van der Waals surface area contributed by atoms with E-state index in [0.717, 1.165) is 44.1 Å². The third-order valence-corrected chi connectivity index (χ3v) is 3.85. The van der Waals surface area contributed by atoms with Crippen molar-refractivity contribution in [1.82, 2.24) is 15.5 Å². The van der Waals surface area contributed by atoms with Crippen LogP contribution in [0.3, 0.4) is 0 Å². The molecule has 0 spiro atoms. The Morgan fingerprint density at radius 3 is 2.64 bits per heavy atom. The van der Waals surface area contributed by atoms with E-state index < -0.39 is 11.6 Å². The van der Waals surface area contributed by atoms with Crippen LogP contribution < -0.4 is 10.6 Å². The van der Waals surface area contributed by atoms with Gasteiger partial charge in [0.25, 0.3) is 0 Å². The first kappa shape index (κ1) is 21.6. The minimum Gasteiger partial charge on any atom is -0.357 e. The molecule has 8 heteroatoms. The lowest BCUT2D eigenvalue weighted by molar-refractivity contribution is -0.129. The minimum atomic E-state index is -0.490. The van der Waals surface area contributed by atoms with Gasteiger partial charge in [0.1, 0.15) is 11.6 Å². The van der Waals surface area contributed by atoms with Crippen LogP contribution in [0, 0.1) is 11.6 Å². The van der Waals surface area contributed by atoms with E-state index in [1.807, 2.05) is 11.8 Å². The van der Waals surface area contributed by atoms with Gasteiger partial charge in [0, 0.05) is 38.2 Å². The molecule has 0 aromatic heterocycles. The van der Waals surface area contributed by atoms with Gasteiger partial charge >= 0.3 is 0 Å². The number of rotatable bonds is 6. The second kappa shape index (κ2) is 11.2. The first-order valence-corrected chi connectivity index (χ1v) is 8.34. The summed E-state index contributed by atoms with van der Waals surface area (Å²) in [5.41, 5.74) is 0.195. The molecule has 1 saturated heterocycles. The number of halogens is 3. The average molecular weight is 466 g/mol. The summed E-state index contributed by atoms with van der Waals surface area (Å²) in [6.45, 7) is 4.70. The smallest absolute Gasteiger partial charge is 0.224 e. The Morgan fingerprint density at radius 2 is 1.96 bits per heavy atom. The molecule has 1 heterocycles. The molecule has 0 saturated carbocycles. The Balaban J connectivity index is 0.00000312. The van der Waals surface area contributed by atoms with E-state index >= 15 is 0 Å². The number of aliphatic imine (C=N–C) groups is 1. The van der Waals surface area contributed by atoms with Crippen molar-refractivity contribution in [3.63, 3.8) is 0 Å². The van der Waals surface area contributed by atoms with Crippen LogP contribution in [0.1, 0.15) is 31.7 Å². The van der Waals surface area contributed by atoms with Gasteiger partial charge in [-0.05, 0) is 38.0 Å². The predicted molar refractivity (Wildman–Crippen MR) is 105 cm³/mol. The van der Waals surface area contributed by atoms with Crippen molar-refractivity contribution in [2.24, 2.45) is 4.99 Å². The molecule has 2 N–H and O–H groups in total. The summed E-state index contributed by atoms with van der Waals surface area (Å²) in [7, 11) is 0. The van der Waals surface area contributed by atoms with Gasteiger partial charge < -0.3 is 15.5 Å². The lowest BCUT2D eigenvalue weighted by atomic mass is 10.2. The quantitative estimate of drug-likeness (QED) is 0.385. The first-order valence-electron chi connectivity index (χ1n) is 8.34. The lowest BCUT2D eigenvalue weighted by Gasteiger charge is -2.16. The van der Waals surface area contributed by atoms with E-state index in [-0.39, 0.29) is 42.0 Å². The third kappa shape index (κ3) is 7.13. The van der Waals surface area contributed by atoms with Crippen molar-refractivity contribution < 1.29 is 13.6 Å².